The molecule has 0 N–H and O–H groups in total. The number of hydrogen-bond acceptors (Lipinski definition) is 5. The van der Waals surface area contributed by atoms with Gasteiger partial charge >= 0.3 is 6.18 Å². The van der Waals surface area contributed by atoms with Crippen molar-refractivity contribution in [2.24, 2.45) is 0 Å². The van der Waals surface area contributed by atoms with Crippen LogP contribution in [0.25, 0.3) is 22.8 Å². The number of ether oxygens (including phenoxy) is 1. The van der Waals surface area contributed by atoms with Crippen LogP contribution in [0.15, 0.2) is 48.7 Å². The fourth-order valence-electron chi connectivity index (χ4n) is 2.15. The van der Waals surface area contributed by atoms with Crippen LogP contribution in [-0.2, 0) is 6.18 Å². The van der Waals surface area contributed by atoms with Gasteiger partial charge in [-0.05, 0) is 31.2 Å². The first-order valence-corrected chi connectivity index (χ1v) is 7.45. The predicted molar refractivity (Wildman–Crippen MR) is 84.7 cm³/mol. The monoisotopic (exact) mass is 346 g/mol. The molecule has 2 aromatic heterocycles. The van der Waals surface area contributed by atoms with Gasteiger partial charge in [0.1, 0.15) is 5.69 Å². The summed E-state index contributed by atoms with van der Waals surface area (Å²) in [5, 5.41) is 8.09. The van der Waals surface area contributed by atoms with E-state index < -0.39 is 11.7 Å². The maximum Gasteiger partial charge on any atom is 0.416 e. The summed E-state index contributed by atoms with van der Waals surface area (Å²) in [6, 6.07) is 9.88. The summed E-state index contributed by atoms with van der Waals surface area (Å²) in [5.41, 5.74) is 0.495. The summed E-state index contributed by atoms with van der Waals surface area (Å²) in [5.74, 6) is 0.470. The second-order valence-electron chi connectivity index (χ2n) is 5.01. The summed E-state index contributed by atoms with van der Waals surface area (Å²) in [7, 11) is 0. The number of alkyl halides is 3. The van der Waals surface area contributed by atoms with E-state index in [1.54, 1.807) is 31.3 Å². The van der Waals surface area contributed by atoms with Crippen molar-refractivity contribution < 1.29 is 17.9 Å². The lowest BCUT2D eigenvalue weighted by Gasteiger charge is -2.10. The van der Waals surface area contributed by atoms with Crippen molar-refractivity contribution in [2.75, 3.05) is 6.61 Å². The highest BCUT2D eigenvalue weighted by molar-refractivity contribution is 5.65. The Morgan fingerprint density at radius 1 is 1.00 bits per heavy atom. The number of rotatable bonds is 4. The molecule has 0 bridgehead atoms. The zero-order valence-corrected chi connectivity index (χ0v) is 13.2. The van der Waals surface area contributed by atoms with E-state index in [1.165, 1.54) is 12.1 Å². The van der Waals surface area contributed by atoms with Gasteiger partial charge in [-0.2, -0.15) is 18.2 Å². The molecule has 3 aromatic rings. The summed E-state index contributed by atoms with van der Waals surface area (Å²) in [6.45, 7) is 2.10. The molecule has 0 amide bonds. The Morgan fingerprint density at radius 2 is 1.76 bits per heavy atom. The number of hydrogen-bond donors (Lipinski definition) is 0. The topological polar surface area (TPSA) is 60.8 Å². The van der Waals surface area contributed by atoms with E-state index in [2.05, 4.69) is 20.2 Å². The molecule has 0 fully saturated rings. The Balaban J connectivity index is 2.01. The van der Waals surface area contributed by atoms with E-state index >= 15 is 0 Å². The summed E-state index contributed by atoms with van der Waals surface area (Å²) < 4.78 is 43.6. The van der Waals surface area contributed by atoms with Crippen LogP contribution >= 0.6 is 0 Å². The molecule has 0 radical (unpaired) electrons. The quantitative estimate of drug-likeness (QED) is 0.714. The Bertz CT molecular complexity index is 852. The maximum atomic E-state index is 12.7. The second-order valence-corrected chi connectivity index (χ2v) is 5.01. The van der Waals surface area contributed by atoms with E-state index in [4.69, 9.17) is 4.74 Å². The van der Waals surface area contributed by atoms with Gasteiger partial charge in [0, 0.05) is 11.8 Å². The van der Waals surface area contributed by atoms with Crippen LogP contribution in [0, 0.1) is 0 Å². The van der Waals surface area contributed by atoms with E-state index in [1.807, 2.05) is 0 Å². The van der Waals surface area contributed by atoms with E-state index in [-0.39, 0.29) is 17.4 Å². The van der Waals surface area contributed by atoms with Gasteiger partial charge in [0.15, 0.2) is 5.69 Å². The molecule has 25 heavy (non-hydrogen) atoms. The number of halogens is 3. The summed E-state index contributed by atoms with van der Waals surface area (Å²) in [4.78, 5) is 8.45. The van der Waals surface area contributed by atoms with Crippen molar-refractivity contribution in [3.63, 3.8) is 0 Å². The minimum Gasteiger partial charge on any atom is -0.476 e. The van der Waals surface area contributed by atoms with E-state index in [9.17, 15) is 13.2 Å². The largest absolute Gasteiger partial charge is 0.476 e. The fraction of sp³-hybridized carbons (Fsp3) is 0.176. The van der Waals surface area contributed by atoms with Gasteiger partial charge < -0.3 is 4.74 Å². The molecule has 0 aliphatic heterocycles. The van der Waals surface area contributed by atoms with Gasteiger partial charge in [-0.3, -0.25) is 4.98 Å². The molecule has 0 aliphatic carbocycles. The molecule has 0 spiro atoms. The number of benzene rings is 1. The van der Waals surface area contributed by atoms with Gasteiger partial charge in [0.05, 0.1) is 12.2 Å². The zero-order chi connectivity index (χ0) is 17.9. The van der Waals surface area contributed by atoms with Crippen molar-refractivity contribution >= 4 is 0 Å². The molecule has 5 nitrogen and oxygen atoms in total. The SMILES string of the molecule is CCOc1nc(-c2ccccn2)nnc1-c1ccc(C(F)(F)F)cc1. The molecule has 0 unspecified atom stereocenters. The molecule has 0 aliphatic rings. The van der Waals surface area contributed by atoms with Crippen LogP contribution in [0.1, 0.15) is 12.5 Å². The highest BCUT2D eigenvalue weighted by Gasteiger charge is 2.30. The van der Waals surface area contributed by atoms with Crippen LogP contribution in [0.3, 0.4) is 0 Å². The smallest absolute Gasteiger partial charge is 0.416 e. The Kier molecular flexibility index (Phi) is 4.60. The van der Waals surface area contributed by atoms with Crippen molar-refractivity contribution in [1.29, 1.82) is 0 Å². The van der Waals surface area contributed by atoms with Gasteiger partial charge in [-0.25, -0.2) is 0 Å². The Morgan fingerprint density at radius 3 is 2.36 bits per heavy atom. The highest BCUT2D eigenvalue weighted by atomic mass is 19.4. The predicted octanol–water partition coefficient (Wildman–Crippen LogP) is 4.02. The molecule has 0 saturated carbocycles. The molecule has 0 saturated heterocycles. The minimum atomic E-state index is -4.39. The van der Waals surface area contributed by atoms with Crippen LogP contribution in [0.5, 0.6) is 5.88 Å². The lowest BCUT2D eigenvalue weighted by atomic mass is 10.1. The standard InChI is InChI=1S/C17H13F3N4O/c1-2-25-16-14(11-6-8-12(9-7-11)17(18,19)20)23-24-15(22-16)13-5-3-4-10-21-13/h3-10H,2H2,1H3. The number of aromatic nitrogens is 4. The lowest BCUT2D eigenvalue weighted by molar-refractivity contribution is -0.137. The number of nitrogens with zero attached hydrogens (tertiary/aromatic N) is 4. The van der Waals surface area contributed by atoms with Crippen molar-refractivity contribution in [2.45, 2.75) is 13.1 Å². The first kappa shape index (κ1) is 16.8. The van der Waals surface area contributed by atoms with Gasteiger partial charge in [-0.15, -0.1) is 10.2 Å². The van der Waals surface area contributed by atoms with Gasteiger partial charge in [-0.1, -0.05) is 18.2 Å². The summed E-state index contributed by atoms with van der Waals surface area (Å²) >= 11 is 0. The van der Waals surface area contributed by atoms with Crippen molar-refractivity contribution in [3.8, 4) is 28.7 Å². The zero-order valence-electron chi connectivity index (χ0n) is 13.2. The number of pyridine rings is 1. The molecular weight excluding hydrogens is 333 g/mol. The average Bonchev–Trinajstić information content (AvgIpc) is 2.62. The Hall–Kier alpha value is -3.03. The third kappa shape index (κ3) is 3.73. The molecule has 0 atom stereocenters. The first-order chi connectivity index (χ1) is 12.0. The maximum absolute atomic E-state index is 12.7. The van der Waals surface area contributed by atoms with E-state index in [0.717, 1.165) is 12.1 Å². The van der Waals surface area contributed by atoms with Gasteiger partial charge in [0.2, 0.25) is 11.7 Å². The molecule has 8 heteroatoms. The molecule has 3 rings (SSSR count). The fourth-order valence-corrected chi connectivity index (χ4v) is 2.15. The van der Waals surface area contributed by atoms with Crippen LogP contribution in [0.2, 0.25) is 0 Å². The minimum absolute atomic E-state index is 0.193. The van der Waals surface area contributed by atoms with Crippen LogP contribution in [-0.4, -0.2) is 26.8 Å². The lowest BCUT2D eigenvalue weighted by Crippen LogP contribution is -2.05. The molecular formula is C17H13F3N4O. The third-order valence-corrected chi connectivity index (χ3v) is 3.32. The van der Waals surface area contributed by atoms with Crippen LogP contribution in [0.4, 0.5) is 13.2 Å². The van der Waals surface area contributed by atoms with Crippen molar-refractivity contribution in [3.05, 3.63) is 54.2 Å². The van der Waals surface area contributed by atoms with Gasteiger partial charge in [0.25, 0.3) is 0 Å². The van der Waals surface area contributed by atoms with Crippen molar-refractivity contribution in [1.82, 2.24) is 20.2 Å². The Labute approximate surface area is 141 Å². The molecule has 1 aromatic carbocycles. The van der Waals surface area contributed by atoms with E-state index in [0.29, 0.717) is 17.9 Å². The average molecular weight is 346 g/mol. The third-order valence-electron chi connectivity index (χ3n) is 3.32. The second kappa shape index (κ2) is 6.84. The summed E-state index contributed by atoms with van der Waals surface area (Å²) in [6.07, 6.45) is -2.79. The highest BCUT2D eigenvalue weighted by Crippen LogP contribution is 2.32. The van der Waals surface area contributed by atoms with Crippen LogP contribution < -0.4 is 4.74 Å². The molecule has 128 valence electrons. The first-order valence-electron chi connectivity index (χ1n) is 7.45. The molecule has 2 heterocycles. The normalized spacial score (nSPS) is 11.4.